The molecule has 1 N–H and O–H groups in total. The van der Waals surface area contributed by atoms with Crippen LogP contribution in [0, 0.1) is 6.92 Å². The number of hydrogen-bond donors (Lipinski definition) is 1. The number of carbonyl (C=O) groups is 1. The molecule has 0 saturated heterocycles. The molecule has 0 aliphatic heterocycles. The Labute approximate surface area is 128 Å². The standard InChI is InChI=1S/C15H19N3O2S/c1-10-12(7-8-14(19)20)15(18(4)16-10)17(3)11(2)13-6-5-9-21-13/h5-9,11H,1-4H3,(H,19,20). The average Bonchev–Trinajstić information content (AvgIpc) is 3.03. The topological polar surface area (TPSA) is 58.4 Å². The van der Waals surface area contributed by atoms with Crippen molar-refractivity contribution in [2.75, 3.05) is 11.9 Å². The maximum absolute atomic E-state index is 10.8. The van der Waals surface area contributed by atoms with Gasteiger partial charge in [-0.3, -0.25) is 4.68 Å². The number of rotatable bonds is 5. The van der Waals surface area contributed by atoms with E-state index in [0.717, 1.165) is 23.2 Å². The molecule has 0 aliphatic carbocycles. The van der Waals surface area contributed by atoms with E-state index >= 15 is 0 Å². The fourth-order valence-electron chi connectivity index (χ4n) is 2.33. The summed E-state index contributed by atoms with van der Waals surface area (Å²) in [6, 6.07) is 4.32. The van der Waals surface area contributed by atoms with Gasteiger partial charge in [-0.2, -0.15) is 5.10 Å². The maximum Gasteiger partial charge on any atom is 0.328 e. The van der Waals surface area contributed by atoms with Crippen LogP contribution in [-0.2, 0) is 11.8 Å². The van der Waals surface area contributed by atoms with Crippen molar-refractivity contribution in [2.24, 2.45) is 7.05 Å². The van der Waals surface area contributed by atoms with Gasteiger partial charge >= 0.3 is 5.97 Å². The van der Waals surface area contributed by atoms with Crippen LogP contribution in [-0.4, -0.2) is 27.9 Å². The van der Waals surface area contributed by atoms with Crippen LogP contribution in [0.2, 0.25) is 0 Å². The zero-order valence-electron chi connectivity index (χ0n) is 12.6. The van der Waals surface area contributed by atoms with Gasteiger partial charge in [-0.1, -0.05) is 6.07 Å². The molecular formula is C15H19N3O2S. The lowest BCUT2D eigenvalue weighted by Crippen LogP contribution is -2.24. The summed E-state index contributed by atoms with van der Waals surface area (Å²) in [5.41, 5.74) is 1.65. The number of thiophene rings is 1. The first-order chi connectivity index (χ1) is 9.91. The number of nitrogens with zero attached hydrogens (tertiary/aromatic N) is 3. The average molecular weight is 305 g/mol. The fraction of sp³-hybridized carbons (Fsp3) is 0.333. The Balaban J connectivity index is 2.40. The molecule has 0 fully saturated rings. The van der Waals surface area contributed by atoms with Gasteiger partial charge < -0.3 is 10.0 Å². The molecule has 2 aromatic rings. The first-order valence-corrected chi connectivity index (χ1v) is 7.50. The lowest BCUT2D eigenvalue weighted by Gasteiger charge is -2.26. The minimum Gasteiger partial charge on any atom is -0.478 e. The van der Waals surface area contributed by atoms with Crippen LogP contribution in [0.5, 0.6) is 0 Å². The van der Waals surface area contributed by atoms with Crippen LogP contribution in [0.15, 0.2) is 23.6 Å². The second kappa shape index (κ2) is 6.13. The number of aromatic nitrogens is 2. The minimum atomic E-state index is -0.960. The van der Waals surface area contributed by atoms with E-state index in [2.05, 4.69) is 28.4 Å². The van der Waals surface area contributed by atoms with E-state index in [1.54, 1.807) is 22.1 Å². The Morgan fingerprint density at radius 1 is 1.57 bits per heavy atom. The highest BCUT2D eigenvalue weighted by Crippen LogP contribution is 2.32. The summed E-state index contributed by atoms with van der Waals surface area (Å²) in [6.07, 6.45) is 2.76. The third kappa shape index (κ3) is 3.16. The van der Waals surface area contributed by atoms with Gasteiger partial charge in [0, 0.05) is 30.6 Å². The highest BCUT2D eigenvalue weighted by molar-refractivity contribution is 7.10. The molecule has 21 heavy (non-hydrogen) atoms. The molecule has 0 aromatic carbocycles. The summed E-state index contributed by atoms with van der Waals surface area (Å²) in [6.45, 7) is 4.01. The summed E-state index contributed by atoms with van der Waals surface area (Å²) >= 11 is 1.71. The van der Waals surface area contributed by atoms with Crippen LogP contribution < -0.4 is 4.90 Å². The van der Waals surface area contributed by atoms with Gasteiger partial charge in [-0.25, -0.2) is 4.79 Å². The second-order valence-electron chi connectivity index (χ2n) is 4.92. The van der Waals surface area contributed by atoms with Gasteiger partial charge in [0.25, 0.3) is 0 Å². The summed E-state index contributed by atoms with van der Waals surface area (Å²) in [4.78, 5) is 14.1. The number of carboxylic acid groups (broad SMARTS) is 1. The molecule has 0 bridgehead atoms. The van der Waals surface area contributed by atoms with Gasteiger partial charge in [-0.15, -0.1) is 11.3 Å². The summed E-state index contributed by atoms with van der Waals surface area (Å²) < 4.78 is 1.79. The Morgan fingerprint density at radius 2 is 2.29 bits per heavy atom. The predicted molar refractivity (Wildman–Crippen MR) is 85.8 cm³/mol. The molecule has 112 valence electrons. The van der Waals surface area contributed by atoms with Gasteiger partial charge in [0.2, 0.25) is 0 Å². The van der Waals surface area contributed by atoms with Crippen molar-refractivity contribution >= 4 is 29.2 Å². The van der Waals surface area contributed by atoms with Crippen LogP contribution in [0.25, 0.3) is 6.08 Å². The molecule has 2 heterocycles. The van der Waals surface area contributed by atoms with Crippen molar-refractivity contribution in [1.29, 1.82) is 0 Å². The van der Waals surface area contributed by atoms with Crippen molar-refractivity contribution in [2.45, 2.75) is 19.9 Å². The maximum atomic E-state index is 10.8. The van der Waals surface area contributed by atoms with Crippen LogP contribution in [0.1, 0.15) is 29.1 Å². The fourth-order valence-corrected chi connectivity index (χ4v) is 3.16. The Kier molecular flexibility index (Phi) is 4.47. The largest absolute Gasteiger partial charge is 0.478 e. The van der Waals surface area contributed by atoms with E-state index in [0.29, 0.717) is 0 Å². The first-order valence-electron chi connectivity index (χ1n) is 6.62. The molecule has 5 nitrogen and oxygen atoms in total. The highest BCUT2D eigenvalue weighted by atomic mass is 32.1. The molecule has 0 aliphatic rings. The van der Waals surface area contributed by atoms with Crippen molar-refractivity contribution in [3.8, 4) is 0 Å². The van der Waals surface area contributed by atoms with Gasteiger partial charge in [0.05, 0.1) is 11.7 Å². The number of aryl methyl sites for hydroxylation is 2. The van der Waals surface area contributed by atoms with E-state index in [-0.39, 0.29) is 6.04 Å². The molecule has 6 heteroatoms. The number of carboxylic acids is 1. The van der Waals surface area contributed by atoms with Crippen molar-refractivity contribution in [3.05, 3.63) is 39.7 Å². The highest BCUT2D eigenvalue weighted by Gasteiger charge is 2.20. The summed E-state index contributed by atoms with van der Waals surface area (Å²) in [5.74, 6) is -0.0518. The van der Waals surface area contributed by atoms with E-state index in [9.17, 15) is 4.79 Å². The normalized spacial score (nSPS) is 12.8. The lowest BCUT2D eigenvalue weighted by molar-refractivity contribution is -0.131. The zero-order valence-corrected chi connectivity index (χ0v) is 13.4. The predicted octanol–water partition coefficient (Wildman–Crippen LogP) is 3.09. The third-order valence-corrected chi connectivity index (χ3v) is 4.54. The van der Waals surface area contributed by atoms with E-state index in [4.69, 9.17) is 5.11 Å². The third-order valence-electron chi connectivity index (χ3n) is 3.50. The van der Waals surface area contributed by atoms with E-state index in [1.165, 1.54) is 4.88 Å². The molecule has 0 amide bonds. The SMILES string of the molecule is Cc1nn(C)c(N(C)C(C)c2cccs2)c1C=CC(=O)O. The van der Waals surface area contributed by atoms with Crippen LogP contribution >= 0.6 is 11.3 Å². The molecule has 1 atom stereocenters. The molecular weight excluding hydrogens is 286 g/mol. The van der Waals surface area contributed by atoms with E-state index < -0.39 is 5.97 Å². The molecule has 0 saturated carbocycles. The van der Waals surface area contributed by atoms with Gasteiger partial charge in [0.1, 0.15) is 5.82 Å². The lowest BCUT2D eigenvalue weighted by atomic mass is 10.2. The zero-order chi connectivity index (χ0) is 15.6. The van der Waals surface area contributed by atoms with Crippen LogP contribution in [0.4, 0.5) is 5.82 Å². The van der Waals surface area contributed by atoms with E-state index in [1.807, 2.05) is 27.1 Å². The molecule has 2 rings (SSSR count). The quantitative estimate of drug-likeness (QED) is 0.862. The smallest absolute Gasteiger partial charge is 0.328 e. The molecule has 0 radical (unpaired) electrons. The summed E-state index contributed by atoms with van der Waals surface area (Å²) in [5, 5.41) is 15.3. The van der Waals surface area contributed by atoms with Crippen molar-refractivity contribution in [1.82, 2.24) is 9.78 Å². The molecule has 2 aromatic heterocycles. The Hall–Kier alpha value is -2.08. The number of aliphatic carboxylic acids is 1. The number of anilines is 1. The Bertz CT molecular complexity index is 659. The molecule has 1 unspecified atom stereocenters. The number of hydrogen-bond acceptors (Lipinski definition) is 4. The molecule has 0 spiro atoms. The van der Waals surface area contributed by atoms with Gasteiger partial charge in [0.15, 0.2) is 0 Å². The van der Waals surface area contributed by atoms with Gasteiger partial charge in [-0.05, 0) is 31.4 Å². The second-order valence-corrected chi connectivity index (χ2v) is 5.90. The van der Waals surface area contributed by atoms with Crippen molar-refractivity contribution < 1.29 is 9.90 Å². The first kappa shape index (κ1) is 15.3. The summed E-state index contributed by atoms with van der Waals surface area (Å²) in [7, 11) is 3.87. The monoisotopic (exact) mass is 305 g/mol. The van der Waals surface area contributed by atoms with Crippen molar-refractivity contribution in [3.63, 3.8) is 0 Å². The Morgan fingerprint density at radius 3 is 2.86 bits per heavy atom. The minimum absolute atomic E-state index is 0.191. The van der Waals surface area contributed by atoms with Crippen LogP contribution in [0.3, 0.4) is 0 Å².